The summed E-state index contributed by atoms with van der Waals surface area (Å²) in [5.74, 6) is -2.38. The Labute approximate surface area is 203 Å². The maximum atomic E-state index is 16.1. The predicted octanol–water partition coefficient (Wildman–Crippen LogP) is 0.877. The number of rotatable bonds is 1. The van der Waals surface area contributed by atoms with Crippen molar-refractivity contribution < 1.29 is 38.0 Å². The number of fused-ring (bicyclic) bond motifs is 5. The van der Waals surface area contributed by atoms with E-state index in [1.807, 2.05) is 0 Å². The van der Waals surface area contributed by atoms with Crippen LogP contribution in [0.4, 0.5) is 25.5 Å². The molecule has 13 nitrogen and oxygen atoms in total. The summed E-state index contributed by atoms with van der Waals surface area (Å²) in [7, 11) is 0. The summed E-state index contributed by atoms with van der Waals surface area (Å²) in [5, 5.41) is 20.2. The highest BCUT2D eigenvalue weighted by molar-refractivity contribution is 6.20. The highest BCUT2D eigenvalue weighted by Gasteiger charge is 2.64. The number of halogens is 1. The van der Waals surface area contributed by atoms with Crippen LogP contribution in [0.25, 0.3) is 11.0 Å². The first-order chi connectivity index (χ1) is 17.1. The van der Waals surface area contributed by atoms with Crippen molar-refractivity contribution in [2.24, 2.45) is 5.41 Å². The minimum atomic E-state index is -1.85. The lowest BCUT2D eigenvalue weighted by atomic mass is 9.65. The monoisotopic (exact) mass is 502 g/mol. The van der Waals surface area contributed by atoms with E-state index < -0.39 is 53.3 Å². The highest BCUT2D eigenvalue weighted by Crippen LogP contribution is 2.50. The predicted molar refractivity (Wildman–Crippen MR) is 119 cm³/mol. The minimum absolute atomic E-state index is 0.0625. The van der Waals surface area contributed by atoms with Crippen molar-refractivity contribution in [3.63, 3.8) is 0 Å². The van der Waals surface area contributed by atoms with Crippen molar-refractivity contribution >= 4 is 46.4 Å². The van der Waals surface area contributed by atoms with Crippen LogP contribution >= 0.6 is 0 Å². The average Bonchev–Trinajstić information content (AvgIpc) is 3.37. The number of carbonyl (C=O) groups excluding carboxylic acids is 4. The summed E-state index contributed by atoms with van der Waals surface area (Å²) < 4.78 is 26.5. The van der Waals surface area contributed by atoms with Gasteiger partial charge in [-0.05, 0) is 32.4 Å². The third kappa shape index (κ3) is 2.73. The number of benzene rings is 1. The van der Waals surface area contributed by atoms with Gasteiger partial charge in [-0.1, -0.05) is 5.16 Å². The number of urea groups is 1. The van der Waals surface area contributed by atoms with Gasteiger partial charge in [0, 0.05) is 13.0 Å². The van der Waals surface area contributed by atoms with Gasteiger partial charge >= 0.3 is 12.1 Å². The molecule has 1 spiro atoms. The second-order valence-corrected chi connectivity index (χ2v) is 9.83. The smallest absolute Gasteiger partial charge is 0.416 e. The van der Waals surface area contributed by atoms with E-state index in [0.717, 1.165) is 5.06 Å². The number of ether oxygens (including phenoxy) is 1. The Morgan fingerprint density at radius 2 is 1.83 bits per heavy atom. The maximum Gasteiger partial charge on any atom is 0.416 e. The number of imide groups is 2. The standard InChI is InChI=1S/C22H23FN6O7/c1-8-6-27-14-11(4-12-15(13(14)23)36-26-17(12)28-9(2)7-35-21(28)33)5-22(16(27)10(3)29(8)34)18(30)24-20(32)25-19(22)31/h4,8-10,16,34H,5-7H2,1-3H3,(H2,24,25,30,31,32)/t8-,9+,10+,16-/m1/s1. The van der Waals surface area contributed by atoms with E-state index in [0.29, 0.717) is 5.56 Å². The van der Waals surface area contributed by atoms with Gasteiger partial charge in [0.15, 0.2) is 17.1 Å². The SMILES string of the molecule is C[C@@H]1CN2c3c(cc4c(N5C(=O)OC[C@@H]5C)noc4c3F)CC3(C(=O)NC(=O)NC3=O)[C@H]2[C@H](C)N1O. The molecule has 3 N–H and O–H groups in total. The van der Waals surface area contributed by atoms with E-state index >= 15 is 4.39 Å². The Kier molecular flexibility index (Phi) is 4.64. The minimum Gasteiger partial charge on any atom is -0.447 e. The molecule has 0 radical (unpaired) electrons. The number of nitrogens with one attached hydrogen (secondary N) is 2. The third-order valence-electron chi connectivity index (χ3n) is 7.70. The van der Waals surface area contributed by atoms with Crippen LogP contribution in [0.15, 0.2) is 10.6 Å². The summed E-state index contributed by atoms with van der Waals surface area (Å²) in [6.45, 7) is 5.29. The highest BCUT2D eigenvalue weighted by atomic mass is 19.1. The Morgan fingerprint density at radius 1 is 1.14 bits per heavy atom. The number of piperazine rings is 1. The van der Waals surface area contributed by atoms with Gasteiger partial charge in [0.05, 0.1) is 35.2 Å². The molecule has 14 heteroatoms. The fourth-order valence-electron chi connectivity index (χ4n) is 6.09. The molecule has 4 aliphatic heterocycles. The van der Waals surface area contributed by atoms with Crippen molar-refractivity contribution in [2.45, 2.75) is 51.4 Å². The number of aromatic nitrogens is 1. The normalized spacial score (nSPS) is 29.8. The molecule has 4 aliphatic rings. The second kappa shape index (κ2) is 7.36. The molecule has 0 aliphatic carbocycles. The van der Waals surface area contributed by atoms with E-state index in [4.69, 9.17) is 9.26 Å². The summed E-state index contributed by atoms with van der Waals surface area (Å²) in [4.78, 5) is 53.7. The van der Waals surface area contributed by atoms with Gasteiger partial charge in [0.25, 0.3) is 0 Å². The number of amides is 5. The van der Waals surface area contributed by atoms with Crippen molar-refractivity contribution in [3.05, 3.63) is 17.4 Å². The zero-order valence-corrected chi connectivity index (χ0v) is 19.6. The van der Waals surface area contributed by atoms with Crippen LogP contribution < -0.4 is 20.4 Å². The molecule has 36 heavy (non-hydrogen) atoms. The van der Waals surface area contributed by atoms with Crippen molar-refractivity contribution in [2.75, 3.05) is 23.0 Å². The molecule has 3 fully saturated rings. The zero-order valence-electron chi connectivity index (χ0n) is 19.6. The quantitative estimate of drug-likeness (QED) is 0.478. The molecule has 4 atom stereocenters. The molecule has 5 heterocycles. The molecule has 1 aromatic carbocycles. The summed E-state index contributed by atoms with van der Waals surface area (Å²) in [6, 6.07) is -2.05. The molecule has 0 unspecified atom stereocenters. The number of anilines is 2. The lowest BCUT2D eigenvalue weighted by molar-refractivity contribution is -0.183. The van der Waals surface area contributed by atoms with Crippen LogP contribution in [-0.2, 0) is 20.7 Å². The topological polar surface area (TPSA) is 158 Å². The van der Waals surface area contributed by atoms with E-state index in [-0.39, 0.29) is 48.1 Å². The summed E-state index contributed by atoms with van der Waals surface area (Å²) in [6.07, 6.45) is -0.919. The van der Waals surface area contributed by atoms with Gasteiger partial charge in [-0.15, -0.1) is 0 Å². The first-order valence-corrected chi connectivity index (χ1v) is 11.5. The van der Waals surface area contributed by atoms with Gasteiger partial charge in [0.2, 0.25) is 17.4 Å². The second-order valence-electron chi connectivity index (χ2n) is 9.83. The maximum absolute atomic E-state index is 16.1. The van der Waals surface area contributed by atoms with Crippen molar-refractivity contribution in [3.8, 4) is 0 Å². The fraction of sp³-hybridized carbons (Fsp3) is 0.500. The molecule has 6 rings (SSSR count). The van der Waals surface area contributed by atoms with E-state index in [1.165, 1.54) is 4.90 Å². The van der Waals surface area contributed by atoms with Gasteiger partial charge < -0.3 is 19.4 Å². The lowest BCUT2D eigenvalue weighted by Gasteiger charge is -2.57. The van der Waals surface area contributed by atoms with Crippen molar-refractivity contribution in [1.29, 1.82) is 0 Å². The van der Waals surface area contributed by atoms with E-state index in [2.05, 4.69) is 15.8 Å². The Hall–Kier alpha value is -3.78. The molecule has 0 bridgehead atoms. The van der Waals surface area contributed by atoms with E-state index in [1.54, 1.807) is 31.7 Å². The molecule has 0 saturated carbocycles. The van der Waals surface area contributed by atoms with Crippen LogP contribution in [0.1, 0.15) is 26.3 Å². The van der Waals surface area contributed by atoms with Gasteiger partial charge in [-0.2, -0.15) is 5.06 Å². The number of cyclic esters (lactones) is 1. The van der Waals surface area contributed by atoms with Crippen LogP contribution in [0.3, 0.4) is 0 Å². The van der Waals surface area contributed by atoms with Crippen molar-refractivity contribution in [1.82, 2.24) is 20.9 Å². The molecular weight excluding hydrogens is 479 g/mol. The number of nitrogens with zero attached hydrogens (tertiary/aromatic N) is 4. The number of hydroxylamine groups is 2. The molecule has 3 saturated heterocycles. The molecular formula is C22H23FN6O7. The van der Waals surface area contributed by atoms with Gasteiger partial charge in [-0.3, -0.25) is 25.1 Å². The molecule has 2 aromatic rings. The summed E-state index contributed by atoms with van der Waals surface area (Å²) >= 11 is 0. The Bertz CT molecular complexity index is 1340. The lowest BCUT2D eigenvalue weighted by Crippen LogP contribution is -2.77. The third-order valence-corrected chi connectivity index (χ3v) is 7.70. The largest absolute Gasteiger partial charge is 0.447 e. The fourth-order valence-corrected chi connectivity index (χ4v) is 6.09. The van der Waals surface area contributed by atoms with Crippen LogP contribution in [-0.4, -0.2) is 76.7 Å². The number of hydrogen-bond acceptors (Lipinski definition) is 10. The zero-order chi connectivity index (χ0) is 25.7. The van der Waals surface area contributed by atoms with Crippen LogP contribution in [0.2, 0.25) is 0 Å². The first kappa shape index (κ1) is 22.7. The number of carbonyl (C=O) groups is 4. The average molecular weight is 502 g/mol. The Balaban J connectivity index is 1.59. The van der Waals surface area contributed by atoms with Gasteiger partial charge in [0.1, 0.15) is 6.61 Å². The number of barbiturate groups is 1. The van der Waals surface area contributed by atoms with Crippen LogP contribution in [0, 0.1) is 11.2 Å². The number of hydrogen-bond donors (Lipinski definition) is 3. The summed E-state index contributed by atoms with van der Waals surface area (Å²) in [5.41, 5.74) is -1.63. The first-order valence-electron chi connectivity index (χ1n) is 11.5. The van der Waals surface area contributed by atoms with Crippen LogP contribution in [0.5, 0.6) is 0 Å². The Morgan fingerprint density at radius 3 is 2.47 bits per heavy atom. The molecule has 1 aromatic heterocycles. The molecule has 190 valence electrons. The van der Waals surface area contributed by atoms with Gasteiger partial charge in [-0.25, -0.2) is 14.0 Å². The molecule has 5 amide bonds. The van der Waals surface area contributed by atoms with E-state index in [9.17, 15) is 24.4 Å².